The number of carbonyl (C=O) groups is 1. The van der Waals surface area contributed by atoms with E-state index < -0.39 is 6.10 Å². The van der Waals surface area contributed by atoms with Gasteiger partial charge in [0.05, 0.1) is 12.1 Å². The standard InChI is InChI=1S/C10H13NO2/c1-8(13)10(11-7-12)9-5-3-2-4-6-9/h2-8,10,13H,1H3,(H,11,12). The maximum Gasteiger partial charge on any atom is 0.207 e. The molecular weight excluding hydrogens is 166 g/mol. The minimum atomic E-state index is -0.590. The van der Waals surface area contributed by atoms with E-state index in [-0.39, 0.29) is 6.04 Å². The summed E-state index contributed by atoms with van der Waals surface area (Å²) in [4.78, 5) is 10.3. The molecule has 3 heteroatoms. The first-order valence-electron chi connectivity index (χ1n) is 4.18. The number of aliphatic hydroxyl groups is 1. The molecule has 2 unspecified atom stereocenters. The predicted molar refractivity (Wildman–Crippen MR) is 50.1 cm³/mol. The van der Waals surface area contributed by atoms with Crippen molar-refractivity contribution in [1.82, 2.24) is 5.32 Å². The van der Waals surface area contributed by atoms with Gasteiger partial charge in [0.25, 0.3) is 0 Å². The molecule has 0 spiro atoms. The first kappa shape index (κ1) is 9.74. The third-order valence-electron chi connectivity index (χ3n) is 1.89. The van der Waals surface area contributed by atoms with Gasteiger partial charge >= 0.3 is 0 Å². The van der Waals surface area contributed by atoms with Gasteiger partial charge in [-0.15, -0.1) is 0 Å². The first-order valence-corrected chi connectivity index (χ1v) is 4.18. The number of amides is 1. The highest BCUT2D eigenvalue weighted by Gasteiger charge is 2.14. The summed E-state index contributed by atoms with van der Waals surface area (Å²) in [5, 5.41) is 11.9. The zero-order valence-corrected chi connectivity index (χ0v) is 7.47. The molecule has 2 atom stereocenters. The normalized spacial score (nSPS) is 14.6. The van der Waals surface area contributed by atoms with Crippen LogP contribution in [0.1, 0.15) is 18.5 Å². The Kier molecular flexibility index (Phi) is 3.46. The largest absolute Gasteiger partial charge is 0.391 e. The van der Waals surface area contributed by atoms with E-state index >= 15 is 0 Å². The Labute approximate surface area is 77.4 Å². The van der Waals surface area contributed by atoms with Gasteiger partial charge in [0.2, 0.25) is 6.41 Å². The van der Waals surface area contributed by atoms with E-state index in [2.05, 4.69) is 5.32 Å². The molecule has 1 aromatic carbocycles. The molecule has 2 N–H and O–H groups in total. The van der Waals surface area contributed by atoms with Crippen LogP contribution in [0, 0.1) is 0 Å². The van der Waals surface area contributed by atoms with Crippen LogP contribution in [0.2, 0.25) is 0 Å². The molecule has 3 nitrogen and oxygen atoms in total. The molecule has 0 aromatic heterocycles. The van der Waals surface area contributed by atoms with Crippen LogP contribution in [0.25, 0.3) is 0 Å². The predicted octanol–water partition coefficient (Wildman–Crippen LogP) is 0.854. The summed E-state index contributed by atoms with van der Waals surface area (Å²) >= 11 is 0. The van der Waals surface area contributed by atoms with Crippen molar-refractivity contribution in [3.8, 4) is 0 Å². The molecule has 0 saturated heterocycles. The number of nitrogens with one attached hydrogen (secondary N) is 1. The number of aliphatic hydroxyl groups excluding tert-OH is 1. The molecular formula is C10H13NO2. The summed E-state index contributed by atoms with van der Waals surface area (Å²) in [7, 11) is 0. The highest BCUT2D eigenvalue weighted by molar-refractivity contribution is 5.48. The summed E-state index contributed by atoms with van der Waals surface area (Å²) in [6.45, 7) is 1.65. The minimum absolute atomic E-state index is 0.321. The maximum absolute atomic E-state index is 10.3. The van der Waals surface area contributed by atoms with Gasteiger partial charge in [-0.1, -0.05) is 30.3 Å². The van der Waals surface area contributed by atoms with Crippen molar-refractivity contribution in [1.29, 1.82) is 0 Å². The fourth-order valence-electron chi connectivity index (χ4n) is 1.25. The maximum atomic E-state index is 10.3. The topological polar surface area (TPSA) is 49.3 Å². The number of carbonyl (C=O) groups excluding carboxylic acids is 1. The molecule has 1 rings (SSSR count). The fraction of sp³-hybridized carbons (Fsp3) is 0.300. The van der Waals surface area contributed by atoms with Gasteiger partial charge in [0, 0.05) is 0 Å². The van der Waals surface area contributed by atoms with E-state index in [1.54, 1.807) is 6.92 Å². The Bertz CT molecular complexity index is 259. The molecule has 0 aliphatic heterocycles. The lowest BCUT2D eigenvalue weighted by Crippen LogP contribution is -2.28. The Hall–Kier alpha value is -1.35. The van der Waals surface area contributed by atoms with Crippen molar-refractivity contribution < 1.29 is 9.90 Å². The van der Waals surface area contributed by atoms with Crippen molar-refractivity contribution in [3.05, 3.63) is 35.9 Å². The van der Waals surface area contributed by atoms with E-state index in [4.69, 9.17) is 0 Å². The second-order valence-corrected chi connectivity index (χ2v) is 2.91. The second-order valence-electron chi connectivity index (χ2n) is 2.91. The summed E-state index contributed by atoms with van der Waals surface area (Å²) in [6.07, 6.45) is 0.0114. The van der Waals surface area contributed by atoms with Crippen molar-refractivity contribution in [2.75, 3.05) is 0 Å². The van der Waals surface area contributed by atoms with Gasteiger partial charge in [-0.05, 0) is 12.5 Å². The molecule has 1 aromatic rings. The van der Waals surface area contributed by atoms with Gasteiger partial charge in [0.15, 0.2) is 0 Å². The Morgan fingerprint density at radius 1 is 1.38 bits per heavy atom. The molecule has 0 bridgehead atoms. The average molecular weight is 179 g/mol. The highest BCUT2D eigenvalue weighted by atomic mass is 16.3. The first-order chi connectivity index (χ1) is 6.25. The fourth-order valence-corrected chi connectivity index (χ4v) is 1.25. The summed E-state index contributed by atoms with van der Waals surface area (Å²) in [5.74, 6) is 0. The smallest absolute Gasteiger partial charge is 0.207 e. The van der Waals surface area contributed by atoms with Crippen LogP contribution in [0.15, 0.2) is 30.3 Å². The summed E-state index contributed by atoms with van der Waals surface area (Å²) in [6, 6.07) is 9.05. The lowest BCUT2D eigenvalue weighted by molar-refractivity contribution is -0.110. The van der Waals surface area contributed by atoms with E-state index in [0.29, 0.717) is 6.41 Å². The number of hydrogen-bond acceptors (Lipinski definition) is 2. The van der Waals surface area contributed by atoms with Gasteiger partial charge in [-0.25, -0.2) is 0 Å². The molecule has 0 fully saturated rings. The lowest BCUT2D eigenvalue weighted by atomic mass is 10.0. The zero-order valence-electron chi connectivity index (χ0n) is 7.47. The monoisotopic (exact) mass is 179 g/mol. The SMILES string of the molecule is CC(O)C(NC=O)c1ccccc1. The van der Waals surface area contributed by atoms with Gasteiger partial charge < -0.3 is 10.4 Å². The molecule has 0 aliphatic rings. The number of hydrogen-bond donors (Lipinski definition) is 2. The van der Waals surface area contributed by atoms with Crippen molar-refractivity contribution in [3.63, 3.8) is 0 Å². The quantitative estimate of drug-likeness (QED) is 0.673. The van der Waals surface area contributed by atoms with Crippen LogP contribution >= 0.6 is 0 Å². The van der Waals surface area contributed by atoms with Gasteiger partial charge in [0.1, 0.15) is 0 Å². The summed E-state index contributed by atoms with van der Waals surface area (Å²) < 4.78 is 0. The Morgan fingerprint density at radius 2 is 2.00 bits per heavy atom. The van der Waals surface area contributed by atoms with Crippen molar-refractivity contribution >= 4 is 6.41 Å². The van der Waals surface area contributed by atoms with Gasteiger partial charge in [-0.2, -0.15) is 0 Å². The van der Waals surface area contributed by atoms with Crippen LogP contribution in [0.5, 0.6) is 0 Å². The second kappa shape index (κ2) is 4.62. The van der Waals surface area contributed by atoms with Crippen molar-refractivity contribution in [2.45, 2.75) is 19.1 Å². The summed E-state index contributed by atoms with van der Waals surface area (Å²) in [5.41, 5.74) is 0.907. The van der Waals surface area contributed by atoms with Crippen LogP contribution < -0.4 is 5.32 Å². The van der Waals surface area contributed by atoms with Gasteiger partial charge in [-0.3, -0.25) is 4.79 Å². The van der Waals surface area contributed by atoms with E-state index in [0.717, 1.165) is 5.56 Å². The van der Waals surface area contributed by atoms with Crippen molar-refractivity contribution in [2.24, 2.45) is 0 Å². The van der Waals surface area contributed by atoms with E-state index in [1.165, 1.54) is 0 Å². The molecule has 0 aliphatic carbocycles. The molecule has 0 saturated carbocycles. The molecule has 0 heterocycles. The molecule has 1 amide bonds. The lowest BCUT2D eigenvalue weighted by Gasteiger charge is -2.19. The Balaban J connectivity index is 2.82. The number of benzene rings is 1. The third kappa shape index (κ3) is 2.56. The highest BCUT2D eigenvalue weighted by Crippen LogP contribution is 2.15. The average Bonchev–Trinajstić information content (AvgIpc) is 2.15. The molecule has 0 radical (unpaired) electrons. The van der Waals surface area contributed by atoms with Crippen LogP contribution in [-0.4, -0.2) is 17.6 Å². The van der Waals surface area contributed by atoms with E-state index in [1.807, 2.05) is 30.3 Å². The third-order valence-corrected chi connectivity index (χ3v) is 1.89. The van der Waals surface area contributed by atoms with Crippen LogP contribution in [0.3, 0.4) is 0 Å². The molecule has 13 heavy (non-hydrogen) atoms. The molecule has 70 valence electrons. The van der Waals surface area contributed by atoms with Crippen LogP contribution in [-0.2, 0) is 4.79 Å². The zero-order chi connectivity index (χ0) is 9.68. The Morgan fingerprint density at radius 3 is 2.46 bits per heavy atom. The number of rotatable bonds is 4. The minimum Gasteiger partial charge on any atom is -0.391 e. The van der Waals surface area contributed by atoms with E-state index in [9.17, 15) is 9.90 Å². The van der Waals surface area contributed by atoms with Crippen LogP contribution in [0.4, 0.5) is 0 Å².